The lowest BCUT2D eigenvalue weighted by atomic mass is 10.1. The second-order valence-electron chi connectivity index (χ2n) is 2.70. The van der Waals surface area contributed by atoms with Crippen molar-refractivity contribution in [1.29, 1.82) is 0 Å². The van der Waals surface area contributed by atoms with Gasteiger partial charge in [-0.05, 0) is 23.8 Å². The number of rotatable bonds is 3. The molecule has 0 saturated heterocycles. The third-order valence-corrected chi connectivity index (χ3v) is 1.68. The van der Waals surface area contributed by atoms with Crippen molar-refractivity contribution >= 4 is 12.0 Å². The van der Waals surface area contributed by atoms with Gasteiger partial charge in [-0.2, -0.15) is 0 Å². The predicted octanol–water partition coefficient (Wildman–Crippen LogP) is 2.05. The minimum absolute atomic E-state index is 0.121. The number of carboxylic acids is 1. The van der Waals surface area contributed by atoms with Crippen LogP contribution in [0.5, 0.6) is 5.75 Å². The van der Waals surface area contributed by atoms with Crippen molar-refractivity contribution < 1.29 is 15.0 Å². The van der Waals surface area contributed by atoms with Gasteiger partial charge in [0.25, 0.3) is 0 Å². The summed E-state index contributed by atoms with van der Waals surface area (Å²) in [5.41, 5.74) is 0.829. The number of aromatic hydroxyl groups is 1. The number of phenolic OH excluding ortho intramolecular Hbond substituents is 1. The largest absolute Gasteiger partial charge is 0.508 e. The molecule has 3 nitrogen and oxygen atoms in total. The third kappa shape index (κ3) is 2.48. The van der Waals surface area contributed by atoms with Crippen molar-refractivity contribution in [2.24, 2.45) is 0 Å². The van der Waals surface area contributed by atoms with E-state index in [-0.39, 0.29) is 11.3 Å². The van der Waals surface area contributed by atoms with E-state index in [1.165, 1.54) is 24.3 Å². The van der Waals surface area contributed by atoms with Crippen LogP contribution >= 0.6 is 0 Å². The summed E-state index contributed by atoms with van der Waals surface area (Å²) in [5.74, 6) is -0.870. The number of benzene rings is 1. The molecule has 0 aliphatic heterocycles. The van der Waals surface area contributed by atoms with Gasteiger partial charge >= 0.3 is 5.97 Å². The number of carboxylic acid groups (broad SMARTS) is 1. The number of hydrogen-bond acceptors (Lipinski definition) is 2. The van der Waals surface area contributed by atoms with E-state index in [4.69, 9.17) is 10.2 Å². The van der Waals surface area contributed by atoms with Crippen LogP contribution in [0.1, 0.15) is 5.56 Å². The SMILES string of the molecule is C=C/C(=C\c1ccc(O)cc1)C(=O)O. The molecule has 3 heteroatoms. The molecule has 0 aromatic heterocycles. The van der Waals surface area contributed by atoms with E-state index in [0.717, 1.165) is 0 Å². The first-order chi connectivity index (χ1) is 6.63. The Morgan fingerprint density at radius 1 is 1.29 bits per heavy atom. The average molecular weight is 190 g/mol. The lowest BCUT2D eigenvalue weighted by Gasteiger charge is -1.96. The Balaban J connectivity index is 3.01. The van der Waals surface area contributed by atoms with Crippen LogP contribution in [0.2, 0.25) is 0 Å². The van der Waals surface area contributed by atoms with Crippen molar-refractivity contribution in [1.82, 2.24) is 0 Å². The standard InChI is InChI=1S/C11H10O3/c1-2-9(11(13)14)7-8-3-5-10(12)6-4-8/h2-7,12H,1H2,(H,13,14)/b9-7+. The maximum absolute atomic E-state index is 10.6. The second-order valence-corrected chi connectivity index (χ2v) is 2.70. The fourth-order valence-corrected chi connectivity index (χ4v) is 0.958. The Bertz CT molecular complexity index is 374. The van der Waals surface area contributed by atoms with Gasteiger partial charge in [-0.1, -0.05) is 24.8 Å². The molecule has 0 atom stereocenters. The maximum atomic E-state index is 10.6. The third-order valence-electron chi connectivity index (χ3n) is 1.68. The van der Waals surface area contributed by atoms with E-state index >= 15 is 0 Å². The molecular weight excluding hydrogens is 180 g/mol. The van der Waals surface area contributed by atoms with Gasteiger partial charge in [0.15, 0.2) is 0 Å². The van der Waals surface area contributed by atoms with Gasteiger partial charge in [0, 0.05) is 0 Å². The van der Waals surface area contributed by atoms with Gasteiger partial charge in [-0.15, -0.1) is 0 Å². The van der Waals surface area contributed by atoms with Gasteiger partial charge in [-0.25, -0.2) is 4.79 Å². The van der Waals surface area contributed by atoms with Crippen LogP contribution < -0.4 is 0 Å². The first kappa shape index (κ1) is 10.1. The highest BCUT2D eigenvalue weighted by molar-refractivity contribution is 5.95. The summed E-state index contributed by atoms with van der Waals surface area (Å²) in [6.45, 7) is 3.40. The molecule has 2 N–H and O–H groups in total. The molecule has 0 spiro atoms. The molecule has 1 aromatic rings. The second kappa shape index (κ2) is 4.28. The quantitative estimate of drug-likeness (QED) is 0.566. The average Bonchev–Trinajstić information content (AvgIpc) is 2.16. The summed E-state index contributed by atoms with van der Waals surface area (Å²) >= 11 is 0. The van der Waals surface area contributed by atoms with E-state index < -0.39 is 5.97 Å². The first-order valence-electron chi connectivity index (χ1n) is 4.00. The zero-order valence-corrected chi connectivity index (χ0v) is 7.47. The lowest BCUT2D eigenvalue weighted by Crippen LogP contribution is -1.96. The van der Waals surface area contributed by atoms with Gasteiger partial charge in [0.1, 0.15) is 5.75 Å². The van der Waals surface area contributed by atoms with Crippen molar-refractivity contribution in [2.75, 3.05) is 0 Å². The van der Waals surface area contributed by atoms with Crippen molar-refractivity contribution in [3.63, 3.8) is 0 Å². The van der Waals surface area contributed by atoms with E-state index in [1.807, 2.05) is 0 Å². The van der Waals surface area contributed by atoms with Crippen LogP contribution in [-0.4, -0.2) is 16.2 Å². The minimum atomic E-state index is -1.02. The summed E-state index contributed by atoms with van der Waals surface area (Å²) in [7, 11) is 0. The summed E-state index contributed by atoms with van der Waals surface area (Å²) in [6.07, 6.45) is 2.75. The normalized spacial score (nSPS) is 11.0. The Morgan fingerprint density at radius 2 is 1.86 bits per heavy atom. The highest BCUT2D eigenvalue weighted by atomic mass is 16.4. The van der Waals surface area contributed by atoms with Crippen LogP contribution in [0.25, 0.3) is 6.08 Å². The van der Waals surface area contributed by atoms with Crippen molar-refractivity contribution in [2.45, 2.75) is 0 Å². The molecule has 0 amide bonds. The molecule has 0 unspecified atom stereocenters. The molecule has 14 heavy (non-hydrogen) atoms. The van der Waals surface area contributed by atoms with Gasteiger partial charge in [0.05, 0.1) is 5.57 Å². The Labute approximate surface area is 81.6 Å². The van der Waals surface area contributed by atoms with Crippen LogP contribution in [0.4, 0.5) is 0 Å². The monoisotopic (exact) mass is 190 g/mol. The first-order valence-corrected chi connectivity index (χ1v) is 4.00. The minimum Gasteiger partial charge on any atom is -0.508 e. The molecule has 1 rings (SSSR count). The maximum Gasteiger partial charge on any atom is 0.335 e. The number of carbonyl (C=O) groups is 1. The van der Waals surface area contributed by atoms with E-state index in [2.05, 4.69) is 6.58 Å². The van der Waals surface area contributed by atoms with Crippen LogP contribution in [-0.2, 0) is 4.79 Å². The highest BCUT2D eigenvalue weighted by Gasteiger charge is 2.01. The zero-order valence-electron chi connectivity index (χ0n) is 7.47. The Morgan fingerprint density at radius 3 is 2.29 bits per heavy atom. The van der Waals surface area contributed by atoms with E-state index in [9.17, 15) is 4.79 Å². The molecule has 1 aromatic carbocycles. The van der Waals surface area contributed by atoms with Gasteiger partial charge in [0.2, 0.25) is 0 Å². The smallest absolute Gasteiger partial charge is 0.335 e. The number of hydrogen-bond donors (Lipinski definition) is 2. The molecule has 0 saturated carbocycles. The molecule has 0 aliphatic rings. The number of aliphatic carboxylic acids is 1. The fraction of sp³-hybridized carbons (Fsp3) is 0. The van der Waals surface area contributed by atoms with Crippen LogP contribution in [0.15, 0.2) is 42.5 Å². The Kier molecular flexibility index (Phi) is 3.07. The van der Waals surface area contributed by atoms with Crippen LogP contribution in [0.3, 0.4) is 0 Å². The zero-order chi connectivity index (χ0) is 10.6. The molecule has 0 aliphatic carbocycles. The molecule has 0 bridgehead atoms. The van der Waals surface area contributed by atoms with Gasteiger partial charge < -0.3 is 10.2 Å². The fourth-order valence-electron chi connectivity index (χ4n) is 0.958. The van der Waals surface area contributed by atoms with Crippen molar-refractivity contribution in [3.05, 3.63) is 48.1 Å². The Hall–Kier alpha value is -2.03. The molecule has 0 fully saturated rings. The molecule has 0 radical (unpaired) electrons. The summed E-state index contributed by atoms with van der Waals surface area (Å²) < 4.78 is 0. The highest BCUT2D eigenvalue weighted by Crippen LogP contribution is 2.13. The summed E-state index contributed by atoms with van der Waals surface area (Å²) in [6, 6.07) is 6.24. The summed E-state index contributed by atoms with van der Waals surface area (Å²) in [5, 5.41) is 17.7. The topological polar surface area (TPSA) is 57.5 Å². The van der Waals surface area contributed by atoms with E-state index in [1.54, 1.807) is 12.1 Å². The molecule has 0 heterocycles. The predicted molar refractivity (Wildman–Crippen MR) is 53.9 cm³/mol. The molecular formula is C11H10O3. The molecule has 72 valence electrons. The van der Waals surface area contributed by atoms with Crippen LogP contribution in [0, 0.1) is 0 Å². The summed E-state index contributed by atoms with van der Waals surface area (Å²) in [4.78, 5) is 10.6. The lowest BCUT2D eigenvalue weighted by molar-refractivity contribution is -0.132. The van der Waals surface area contributed by atoms with E-state index in [0.29, 0.717) is 5.56 Å². The number of phenols is 1. The van der Waals surface area contributed by atoms with Gasteiger partial charge in [-0.3, -0.25) is 0 Å². The van der Waals surface area contributed by atoms with Crippen molar-refractivity contribution in [3.8, 4) is 5.75 Å².